The second kappa shape index (κ2) is 6.46. The predicted molar refractivity (Wildman–Crippen MR) is 76.4 cm³/mol. The highest BCUT2D eigenvalue weighted by Gasteiger charge is 2.42. The maximum atomic E-state index is 11.8. The molecule has 0 aromatic carbocycles. The molecule has 2 amide bonds. The topological polar surface area (TPSA) is 78.4 Å². The van der Waals surface area contributed by atoms with Gasteiger partial charge in [0.2, 0.25) is 0 Å². The monoisotopic (exact) mass is 282 g/mol. The molecule has 0 aromatic rings. The summed E-state index contributed by atoms with van der Waals surface area (Å²) in [4.78, 5) is 22.7. The van der Waals surface area contributed by atoms with Crippen LogP contribution < -0.4 is 10.6 Å². The number of amides is 2. The third kappa shape index (κ3) is 3.44. The summed E-state index contributed by atoms with van der Waals surface area (Å²) in [6.45, 7) is 4.08. The van der Waals surface area contributed by atoms with Crippen molar-refractivity contribution in [3.63, 3.8) is 0 Å². The fourth-order valence-electron chi connectivity index (χ4n) is 3.89. The standard InChI is InChI=1S/C15H26N2O3/c1-3-11(14(18)19)8-16-15(20)17-9(2)13-7-10-4-5-12(13)6-10/h9-13H,3-8H2,1-2H3,(H,18,19)(H2,16,17,20). The molecule has 2 aliphatic rings. The van der Waals surface area contributed by atoms with Gasteiger partial charge in [-0.3, -0.25) is 4.79 Å². The zero-order valence-electron chi connectivity index (χ0n) is 12.4. The third-order valence-electron chi connectivity index (χ3n) is 5.14. The zero-order valence-corrected chi connectivity index (χ0v) is 12.4. The van der Waals surface area contributed by atoms with E-state index in [1.165, 1.54) is 25.7 Å². The van der Waals surface area contributed by atoms with Crippen molar-refractivity contribution in [2.75, 3.05) is 6.54 Å². The summed E-state index contributed by atoms with van der Waals surface area (Å²) in [5.74, 6) is 0.889. The van der Waals surface area contributed by atoms with Crippen LogP contribution in [0, 0.1) is 23.7 Å². The third-order valence-corrected chi connectivity index (χ3v) is 5.14. The van der Waals surface area contributed by atoms with Gasteiger partial charge in [0.05, 0.1) is 5.92 Å². The molecule has 2 aliphatic carbocycles. The van der Waals surface area contributed by atoms with Crippen molar-refractivity contribution in [2.45, 2.75) is 52.0 Å². The molecular formula is C15H26N2O3. The van der Waals surface area contributed by atoms with Crippen molar-refractivity contribution in [2.24, 2.45) is 23.7 Å². The van der Waals surface area contributed by atoms with E-state index < -0.39 is 11.9 Å². The molecule has 5 unspecified atom stereocenters. The number of aliphatic carboxylic acids is 1. The average Bonchev–Trinajstić information content (AvgIpc) is 3.01. The molecule has 0 aliphatic heterocycles. The van der Waals surface area contributed by atoms with Crippen LogP contribution in [0.3, 0.4) is 0 Å². The Labute approximate surface area is 120 Å². The van der Waals surface area contributed by atoms with Gasteiger partial charge in [-0.25, -0.2) is 4.79 Å². The van der Waals surface area contributed by atoms with Gasteiger partial charge in [-0.05, 0) is 50.4 Å². The summed E-state index contributed by atoms with van der Waals surface area (Å²) in [6.07, 6.45) is 5.75. The summed E-state index contributed by atoms with van der Waals surface area (Å²) in [6, 6.07) is -0.0600. The van der Waals surface area contributed by atoms with Crippen LogP contribution >= 0.6 is 0 Å². The normalized spacial score (nSPS) is 30.8. The number of carboxylic acids is 1. The van der Waals surface area contributed by atoms with Crippen molar-refractivity contribution >= 4 is 12.0 Å². The van der Waals surface area contributed by atoms with Crippen molar-refractivity contribution in [1.82, 2.24) is 10.6 Å². The lowest BCUT2D eigenvalue weighted by molar-refractivity contribution is -0.141. The number of carbonyl (C=O) groups excluding carboxylic acids is 1. The van der Waals surface area contributed by atoms with E-state index in [0.717, 1.165) is 11.8 Å². The lowest BCUT2D eigenvalue weighted by Gasteiger charge is -2.28. The molecule has 0 heterocycles. The molecule has 0 spiro atoms. The Morgan fingerprint density at radius 3 is 2.55 bits per heavy atom. The van der Waals surface area contributed by atoms with Gasteiger partial charge < -0.3 is 15.7 Å². The Bertz CT molecular complexity index is 372. The van der Waals surface area contributed by atoms with Gasteiger partial charge >= 0.3 is 12.0 Å². The van der Waals surface area contributed by atoms with E-state index in [1.807, 2.05) is 6.92 Å². The van der Waals surface area contributed by atoms with Gasteiger partial charge in [0.25, 0.3) is 0 Å². The quantitative estimate of drug-likeness (QED) is 0.699. The molecule has 114 valence electrons. The number of hydrogen-bond acceptors (Lipinski definition) is 2. The molecular weight excluding hydrogens is 256 g/mol. The smallest absolute Gasteiger partial charge is 0.315 e. The maximum absolute atomic E-state index is 11.8. The van der Waals surface area contributed by atoms with Crippen LogP contribution in [0.25, 0.3) is 0 Å². The molecule has 0 saturated heterocycles. The first-order valence-corrected chi connectivity index (χ1v) is 7.78. The van der Waals surface area contributed by atoms with Gasteiger partial charge in [-0.15, -0.1) is 0 Å². The molecule has 5 atom stereocenters. The number of carboxylic acid groups (broad SMARTS) is 1. The Morgan fingerprint density at radius 2 is 2.05 bits per heavy atom. The molecule has 20 heavy (non-hydrogen) atoms. The van der Waals surface area contributed by atoms with Crippen LogP contribution in [0.5, 0.6) is 0 Å². The van der Waals surface area contributed by atoms with E-state index >= 15 is 0 Å². The highest BCUT2D eigenvalue weighted by Crippen LogP contribution is 2.49. The van der Waals surface area contributed by atoms with Crippen molar-refractivity contribution in [1.29, 1.82) is 0 Å². The predicted octanol–water partition coefficient (Wildman–Crippen LogP) is 2.22. The van der Waals surface area contributed by atoms with E-state index in [2.05, 4.69) is 17.6 Å². The van der Waals surface area contributed by atoms with Crippen molar-refractivity contribution < 1.29 is 14.7 Å². The average molecular weight is 282 g/mol. The molecule has 2 saturated carbocycles. The minimum Gasteiger partial charge on any atom is -0.481 e. The first-order valence-electron chi connectivity index (χ1n) is 7.78. The van der Waals surface area contributed by atoms with Crippen molar-refractivity contribution in [3.8, 4) is 0 Å². The number of urea groups is 1. The van der Waals surface area contributed by atoms with Crippen LogP contribution in [0.15, 0.2) is 0 Å². The van der Waals surface area contributed by atoms with Gasteiger partial charge in [-0.1, -0.05) is 13.3 Å². The largest absolute Gasteiger partial charge is 0.481 e. The number of hydrogen-bond donors (Lipinski definition) is 3. The Balaban J connectivity index is 1.72. The van der Waals surface area contributed by atoms with E-state index in [0.29, 0.717) is 12.3 Å². The Kier molecular flexibility index (Phi) is 4.89. The SMILES string of the molecule is CCC(CNC(=O)NC(C)C1CC2CCC1C2)C(=O)O. The van der Waals surface area contributed by atoms with Crippen LogP contribution in [-0.4, -0.2) is 29.7 Å². The molecule has 5 heteroatoms. The summed E-state index contributed by atoms with van der Waals surface area (Å²) in [5, 5.41) is 14.6. The van der Waals surface area contributed by atoms with Crippen LogP contribution in [0.1, 0.15) is 46.0 Å². The molecule has 3 N–H and O–H groups in total. The van der Waals surface area contributed by atoms with E-state index in [1.54, 1.807) is 0 Å². The minimum absolute atomic E-state index is 0.176. The first kappa shape index (κ1) is 15.1. The minimum atomic E-state index is -0.853. The fraction of sp³-hybridized carbons (Fsp3) is 0.867. The molecule has 0 aromatic heterocycles. The molecule has 2 bridgehead atoms. The van der Waals surface area contributed by atoms with Crippen LogP contribution in [-0.2, 0) is 4.79 Å². The summed E-state index contributed by atoms with van der Waals surface area (Å²) >= 11 is 0. The maximum Gasteiger partial charge on any atom is 0.315 e. The summed E-state index contributed by atoms with van der Waals surface area (Å²) in [5.41, 5.74) is 0. The lowest BCUT2D eigenvalue weighted by Crippen LogP contribution is -2.46. The van der Waals surface area contributed by atoms with Gasteiger partial charge in [-0.2, -0.15) is 0 Å². The van der Waals surface area contributed by atoms with Gasteiger partial charge in [0.1, 0.15) is 0 Å². The van der Waals surface area contributed by atoms with Crippen LogP contribution in [0.2, 0.25) is 0 Å². The second-order valence-corrected chi connectivity index (χ2v) is 6.43. The number of carbonyl (C=O) groups is 2. The van der Waals surface area contributed by atoms with Gasteiger partial charge in [0.15, 0.2) is 0 Å². The number of rotatable bonds is 6. The number of fused-ring (bicyclic) bond motifs is 2. The first-order chi connectivity index (χ1) is 9.51. The van der Waals surface area contributed by atoms with Gasteiger partial charge in [0, 0.05) is 12.6 Å². The fourth-order valence-corrected chi connectivity index (χ4v) is 3.89. The molecule has 2 fully saturated rings. The van der Waals surface area contributed by atoms with Crippen LogP contribution in [0.4, 0.5) is 4.79 Å². The molecule has 0 radical (unpaired) electrons. The molecule has 2 rings (SSSR count). The Hall–Kier alpha value is -1.26. The second-order valence-electron chi connectivity index (χ2n) is 6.43. The summed E-state index contributed by atoms with van der Waals surface area (Å²) in [7, 11) is 0. The lowest BCUT2D eigenvalue weighted by atomic mass is 9.84. The zero-order chi connectivity index (χ0) is 14.7. The Morgan fingerprint density at radius 1 is 1.30 bits per heavy atom. The highest BCUT2D eigenvalue weighted by molar-refractivity contribution is 5.76. The van der Waals surface area contributed by atoms with E-state index in [-0.39, 0.29) is 18.6 Å². The molecule has 5 nitrogen and oxygen atoms in total. The van der Waals surface area contributed by atoms with E-state index in [9.17, 15) is 9.59 Å². The highest BCUT2D eigenvalue weighted by atomic mass is 16.4. The number of nitrogens with one attached hydrogen (secondary N) is 2. The van der Waals surface area contributed by atoms with Crippen molar-refractivity contribution in [3.05, 3.63) is 0 Å². The van der Waals surface area contributed by atoms with E-state index in [4.69, 9.17) is 5.11 Å². The summed E-state index contributed by atoms with van der Waals surface area (Å²) < 4.78 is 0.